The van der Waals surface area contributed by atoms with Crippen LogP contribution < -0.4 is 4.74 Å². The number of benzene rings is 1. The lowest BCUT2D eigenvalue weighted by atomic mass is 10.2. The molecule has 2 aromatic rings. The third-order valence-electron chi connectivity index (χ3n) is 2.32. The van der Waals surface area contributed by atoms with E-state index in [0.29, 0.717) is 5.75 Å². The number of esters is 1. The van der Waals surface area contributed by atoms with Gasteiger partial charge in [-0.1, -0.05) is 6.07 Å². The highest BCUT2D eigenvalue weighted by molar-refractivity contribution is 5.69. The minimum absolute atomic E-state index is 0.303. The second kappa shape index (κ2) is 4.23. The Morgan fingerprint density at radius 1 is 1.25 bits per heavy atom. The van der Waals surface area contributed by atoms with Gasteiger partial charge in [0.25, 0.3) is 0 Å². The highest BCUT2D eigenvalue weighted by Crippen LogP contribution is 2.21. The predicted octanol–water partition coefficient (Wildman–Crippen LogP) is 2.71. The summed E-state index contributed by atoms with van der Waals surface area (Å²) in [4.78, 5) is 10.9. The van der Waals surface area contributed by atoms with Crippen molar-refractivity contribution >= 4 is 5.97 Å². The van der Waals surface area contributed by atoms with Crippen molar-refractivity contribution in [2.45, 2.75) is 13.8 Å². The second-order valence-corrected chi connectivity index (χ2v) is 3.63. The zero-order valence-electron chi connectivity index (χ0n) is 9.31. The molecule has 82 valence electrons. The Morgan fingerprint density at radius 3 is 2.56 bits per heavy atom. The lowest BCUT2D eigenvalue weighted by Gasteiger charge is -2.09. The maximum atomic E-state index is 10.9. The zero-order chi connectivity index (χ0) is 11.5. The smallest absolute Gasteiger partial charge is 0.308 e. The first kappa shape index (κ1) is 10.5. The Labute approximate surface area is 94.3 Å². The summed E-state index contributed by atoms with van der Waals surface area (Å²) in [6, 6.07) is 9.50. The van der Waals surface area contributed by atoms with E-state index in [-0.39, 0.29) is 5.97 Å². The number of hydrogen-bond donors (Lipinski definition) is 0. The minimum atomic E-state index is -0.303. The van der Waals surface area contributed by atoms with Crippen LogP contribution in [0, 0.1) is 6.92 Å². The molecule has 0 bridgehead atoms. The van der Waals surface area contributed by atoms with Crippen LogP contribution in [0.2, 0.25) is 0 Å². The standard InChI is InChI=1S/C13H13NO2/c1-10-5-6-12(16-11(2)15)9-13(10)14-7-3-4-8-14/h3-9H,1-2H3. The molecule has 1 aromatic heterocycles. The summed E-state index contributed by atoms with van der Waals surface area (Å²) < 4.78 is 7.04. The van der Waals surface area contributed by atoms with Gasteiger partial charge in [-0.3, -0.25) is 4.79 Å². The Hall–Kier alpha value is -2.03. The summed E-state index contributed by atoms with van der Waals surface area (Å²) in [5, 5.41) is 0. The number of hydrogen-bond acceptors (Lipinski definition) is 2. The number of carbonyl (C=O) groups excluding carboxylic acids is 1. The summed E-state index contributed by atoms with van der Waals surface area (Å²) in [6.07, 6.45) is 3.92. The van der Waals surface area contributed by atoms with Crippen LogP contribution in [-0.4, -0.2) is 10.5 Å². The van der Waals surface area contributed by atoms with Crippen molar-refractivity contribution in [3.63, 3.8) is 0 Å². The van der Waals surface area contributed by atoms with Crippen LogP contribution in [0.1, 0.15) is 12.5 Å². The molecule has 0 spiro atoms. The highest BCUT2D eigenvalue weighted by atomic mass is 16.5. The highest BCUT2D eigenvalue weighted by Gasteiger charge is 2.04. The van der Waals surface area contributed by atoms with Gasteiger partial charge in [0.05, 0.1) is 5.69 Å². The molecule has 0 amide bonds. The van der Waals surface area contributed by atoms with Crippen LogP contribution >= 0.6 is 0 Å². The molecule has 0 atom stereocenters. The fraction of sp³-hybridized carbons (Fsp3) is 0.154. The molecule has 1 heterocycles. The fourth-order valence-corrected chi connectivity index (χ4v) is 1.59. The lowest BCUT2D eigenvalue weighted by Crippen LogP contribution is -2.02. The van der Waals surface area contributed by atoms with Crippen LogP contribution in [0.5, 0.6) is 5.75 Å². The van der Waals surface area contributed by atoms with Gasteiger partial charge in [-0.05, 0) is 30.7 Å². The van der Waals surface area contributed by atoms with Gasteiger partial charge in [-0.25, -0.2) is 0 Å². The SMILES string of the molecule is CC(=O)Oc1ccc(C)c(-n2cccc2)c1. The molecule has 0 saturated heterocycles. The summed E-state index contributed by atoms with van der Waals surface area (Å²) in [6.45, 7) is 3.42. The van der Waals surface area contributed by atoms with E-state index < -0.39 is 0 Å². The Kier molecular flexibility index (Phi) is 2.77. The summed E-state index contributed by atoms with van der Waals surface area (Å²) in [5.41, 5.74) is 2.15. The van der Waals surface area contributed by atoms with Gasteiger partial charge in [0.2, 0.25) is 0 Å². The monoisotopic (exact) mass is 215 g/mol. The van der Waals surface area contributed by atoms with Crippen molar-refractivity contribution in [2.75, 3.05) is 0 Å². The van der Waals surface area contributed by atoms with E-state index in [9.17, 15) is 4.79 Å². The number of aryl methyl sites for hydroxylation is 1. The Morgan fingerprint density at radius 2 is 1.94 bits per heavy atom. The molecule has 1 aromatic carbocycles. The number of rotatable bonds is 2. The topological polar surface area (TPSA) is 31.2 Å². The first-order valence-corrected chi connectivity index (χ1v) is 5.09. The molecule has 0 aliphatic heterocycles. The molecule has 0 saturated carbocycles. The molecule has 16 heavy (non-hydrogen) atoms. The summed E-state index contributed by atoms with van der Waals surface area (Å²) >= 11 is 0. The lowest BCUT2D eigenvalue weighted by molar-refractivity contribution is -0.131. The predicted molar refractivity (Wildman–Crippen MR) is 61.8 cm³/mol. The molecule has 0 aliphatic carbocycles. The van der Waals surface area contributed by atoms with Gasteiger partial charge in [-0.15, -0.1) is 0 Å². The molecule has 0 radical (unpaired) electrons. The van der Waals surface area contributed by atoms with Crippen LogP contribution in [-0.2, 0) is 4.79 Å². The van der Waals surface area contributed by atoms with E-state index in [1.807, 2.05) is 48.1 Å². The van der Waals surface area contributed by atoms with Crippen molar-refractivity contribution in [1.29, 1.82) is 0 Å². The minimum Gasteiger partial charge on any atom is -0.427 e. The van der Waals surface area contributed by atoms with Crippen LogP contribution in [0.3, 0.4) is 0 Å². The largest absolute Gasteiger partial charge is 0.427 e. The molecule has 3 heteroatoms. The quantitative estimate of drug-likeness (QED) is 0.569. The van der Waals surface area contributed by atoms with Crippen molar-refractivity contribution < 1.29 is 9.53 Å². The molecular weight excluding hydrogens is 202 g/mol. The number of ether oxygens (including phenoxy) is 1. The van der Waals surface area contributed by atoms with E-state index in [1.54, 1.807) is 6.07 Å². The average Bonchev–Trinajstić information content (AvgIpc) is 2.73. The third kappa shape index (κ3) is 2.14. The van der Waals surface area contributed by atoms with Gasteiger partial charge < -0.3 is 9.30 Å². The van der Waals surface area contributed by atoms with Gasteiger partial charge >= 0.3 is 5.97 Å². The van der Waals surface area contributed by atoms with Gasteiger partial charge in [0.15, 0.2) is 0 Å². The molecular formula is C13H13NO2. The van der Waals surface area contributed by atoms with Crippen molar-refractivity contribution in [3.05, 3.63) is 48.3 Å². The Balaban J connectivity index is 2.41. The van der Waals surface area contributed by atoms with E-state index >= 15 is 0 Å². The molecule has 0 N–H and O–H groups in total. The van der Waals surface area contributed by atoms with E-state index in [0.717, 1.165) is 11.3 Å². The average molecular weight is 215 g/mol. The normalized spacial score (nSPS) is 10.1. The van der Waals surface area contributed by atoms with E-state index in [4.69, 9.17) is 4.74 Å². The maximum absolute atomic E-state index is 10.9. The molecule has 0 aliphatic rings. The summed E-state index contributed by atoms with van der Waals surface area (Å²) in [7, 11) is 0. The number of nitrogens with zero attached hydrogens (tertiary/aromatic N) is 1. The van der Waals surface area contributed by atoms with Crippen LogP contribution in [0.25, 0.3) is 5.69 Å². The van der Waals surface area contributed by atoms with Crippen LogP contribution in [0.15, 0.2) is 42.7 Å². The first-order valence-electron chi connectivity index (χ1n) is 5.09. The zero-order valence-corrected chi connectivity index (χ0v) is 9.31. The number of carbonyl (C=O) groups is 1. The van der Waals surface area contributed by atoms with Gasteiger partial charge in [0, 0.05) is 25.4 Å². The van der Waals surface area contributed by atoms with Gasteiger partial charge in [-0.2, -0.15) is 0 Å². The molecule has 0 fully saturated rings. The van der Waals surface area contributed by atoms with Crippen molar-refractivity contribution in [2.24, 2.45) is 0 Å². The van der Waals surface area contributed by atoms with Crippen LogP contribution in [0.4, 0.5) is 0 Å². The van der Waals surface area contributed by atoms with Crippen molar-refractivity contribution in [3.8, 4) is 11.4 Å². The number of aromatic nitrogens is 1. The fourth-order valence-electron chi connectivity index (χ4n) is 1.59. The van der Waals surface area contributed by atoms with E-state index in [2.05, 4.69) is 0 Å². The molecule has 2 rings (SSSR count). The first-order chi connectivity index (χ1) is 7.66. The maximum Gasteiger partial charge on any atom is 0.308 e. The molecule has 0 unspecified atom stereocenters. The van der Waals surface area contributed by atoms with Crippen molar-refractivity contribution in [1.82, 2.24) is 4.57 Å². The van der Waals surface area contributed by atoms with E-state index in [1.165, 1.54) is 6.92 Å². The van der Waals surface area contributed by atoms with Gasteiger partial charge in [0.1, 0.15) is 5.75 Å². The molecule has 3 nitrogen and oxygen atoms in total. The third-order valence-corrected chi connectivity index (χ3v) is 2.32. The second-order valence-electron chi connectivity index (χ2n) is 3.63. The summed E-state index contributed by atoms with van der Waals surface area (Å²) in [5.74, 6) is 0.268. The Bertz CT molecular complexity index is 501.